The molecule has 0 saturated heterocycles. The fourth-order valence-corrected chi connectivity index (χ4v) is 4.47. The fourth-order valence-electron chi connectivity index (χ4n) is 3.76. The molecule has 0 N–H and O–H groups in total. The van der Waals surface area contributed by atoms with Gasteiger partial charge in [0.1, 0.15) is 22.1 Å². The molecule has 1 atom stereocenters. The van der Waals surface area contributed by atoms with Crippen molar-refractivity contribution in [1.82, 2.24) is 10.2 Å². The van der Waals surface area contributed by atoms with E-state index in [0.29, 0.717) is 32.6 Å². The molecule has 2 aromatic heterocycles. The Hall–Kier alpha value is -3.72. The minimum atomic E-state index is -0.691. The number of aromatic nitrogens is 2. The van der Waals surface area contributed by atoms with Crippen molar-refractivity contribution in [3.8, 4) is 11.5 Å². The van der Waals surface area contributed by atoms with Crippen LogP contribution in [0.5, 0.6) is 11.5 Å². The first kappa shape index (κ1) is 19.3. The summed E-state index contributed by atoms with van der Waals surface area (Å²) >= 11 is 1.28. The zero-order chi connectivity index (χ0) is 21.7. The van der Waals surface area contributed by atoms with Crippen LogP contribution in [0.2, 0.25) is 0 Å². The molecule has 0 fully saturated rings. The van der Waals surface area contributed by atoms with Gasteiger partial charge in [-0.3, -0.25) is 14.5 Å². The third kappa shape index (κ3) is 2.97. The van der Waals surface area contributed by atoms with E-state index in [0.717, 1.165) is 5.56 Å². The lowest BCUT2D eigenvalue weighted by Crippen LogP contribution is -2.29. The summed E-state index contributed by atoms with van der Waals surface area (Å²) in [6.07, 6.45) is 0. The van der Waals surface area contributed by atoms with Gasteiger partial charge in [-0.25, -0.2) is 0 Å². The maximum absolute atomic E-state index is 13.5. The third-order valence-corrected chi connectivity index (χ3v) is 6.07. The fraction of sp³-hybridized carbons (Fsp3) is 0.182. The number of ether oxygens (including phenoxy) is 2. The Morgan fingerprint density at radius 1 is 1.00 bits per heavy atom. The number of amides is 1. The van der Waals surface area contributed by atoms with E-state index in [1.54, 1.807) is 44.4 Å². The Morgan fingerprint density at radius 2 is 1.71 bits per heavy atom. The smallest absolute Gasteiger partial charge is 0.297 e. The Morgan fingerprint density at radius 3 is 2.35 bits per heavy atom. The second-order valence-electron chi connectivity index (χ2n) is 6.99. The summed E-state index contributed by atoms with van der Waals surface area (Å²) in [6, 6.07) is 11.5. The Labute approximate surface area is 180 Å². The van der Waals surface area contributed by atoms with Crippen LogP contribution in [0.1, 0.15) is 32.7 Å². The Bertz CT molecular complexity index is 1380. The maximum atomic E-state index is 13.5. The second kappa shape index (κ2) is 7.21. The van der Waals surface area contributed by atoms with Crippen molar-refractivity contribution in [3.63, 3.8) is 0 Å². The van der Waals surface area contributed by atoms with Crippen molar-refractivity contribution in [2.24, 2.45) is 0 Å². The van der Waals surface area contributed by atoms with Gasteiger partial charge < -0.3 is 13.9 Å². The number of aryl methyl sites for hydroxylation is 1. The molecule has 3 heterocycles. The summed E-state index contributed by atoms with van der Waals surface area (Å²) in [6.45, 7) is 1.81. The van der Waals surface area contributed by atoms with Gasteiger partial charge in [0, 0.05) is 6.07 Å². The summed E-state index contributed by atoms with van der Waals surface area (Å²) in [5, 5.41) is 9.68. The largest absolute Gasteiger partial charge is 0.497 e. The molecule has 2 aromatic carbocycles. The molecule has 1 amide bonds. The number of methoxy groups -OCH3 is 2. The molecule has 4 aromatic rings. The molecule has 0 aliphatic carbocycles. The van der Waals surface area contributed by atoms with Crippen molar-refractivity contribution < 1.29 is 18.7 Å². The monoisotopic (exact) mass is 435 g/mol. The number of benzene rings is 2. The van der Waals surface area contributed by atoms with Gasteiger partial charge in [-0.2, -0.15) is 0 Å². The minimum Gasteiger partial charge on any atom is -0.497 e. The lowest BCUT2D eigenvalue weighted by molar-refractivity contribution is 0.0970. The molecular weight excluding hydrogens is 418 g/mol. The molecule has 1 aliphatic heterocycles. The van der Waals surface area contributed by atoms with E-state index in [-0.39, 0.29) is 16.8 Å². The standard InChI is InChI=1S/C22H17N3O5S/c1-11-23-24-22(31-11)25-18(12-4-6-13(28-2)7-5-12)17-19(26)15-9-8-14(29-3)10-16(15)30-20(17)21(25)27/h4-10,18H,1-3H3. The number of nitrogens with zero attached hydrogens (tertiary/aromatic N) is 3. The number of hydrogen-bond donors (Lipinski definition) is 0. The summed E-state index contributed by atoms with van der Waals surface area (Å²) in [4.78, 5) is 28.4. The maximum Gasteiger partial charge on any atom is 0.297 e. The van der Waals surface area contributed by atoms with Gasteiger partial charge in [0.15, 0.2) is 5.43 Å². The predicted molar refractivity (Wildman–Crippen MR) is 115 cm³/mol. The van der Waals surface area contributed by atoms with Crippen molar-refractivity contribution in [1.29, 1.82) is 0 Å². The van der Waals surface area contributed by atoms with Gasteiger partial charge in [0.2, 0.25) is 10.9 Å². The van der Waals surface area contributed by atoms with Crippen molar-refractivity contribution in [3.05, 3.63) is 74.6 Å². The second-order valence-corrected chi connectivity index (χ2v) is 8.15. The molecular formula is C22H17N3O5S. The molecule has 0 saturated carbocycles. The normalized spacial score (nSPS) is 15.4. The summed E-state index contributed by atoms with van der Waals surface area (Å²) in [5.41, 5.74) is 1.04. The zero-order valence-corrected chi connectivity index (χ0v) is 17.7. The number of fused-ring (bicyclic) bond motifs is 2. The molecule has 156 valence electrons. The van der Waals surface area contributed by atoms with Crippen molar-refractivity contribution in [2.75, 3.05) is 19.1 Å². The number of hydrogen-bond acceptors (Lipinski definition) is 8. The molecule has 9 heteroatoms. The van der Waals surface area contributed by atoms with Crippen LogP contribution in [0.3, 0.4) is 0 Å². The van der Waals surface area contributed by atoms with Crippen LogP contribution in [-0.2, 0) is 0 Å². The highest BCUT2D eigenvalue weighted by molar-refractivity contribution is 7.15. The molecule has 0 radical (unpaired) electrons. The average Bonchev–Trinajstić information content (AvgIpc) is 3.34. The highest BCUT2D eigenvalue weighted by atomic mass is 32.1. The Balaban J connectivity index is 1.78. The summed E-state index contributed by atoms with van der Waals surface area (Å²) in [7, 11) is 3.10. The molecule has 0 bridgehead atoms. The first-order valence-corrected chi connectivity index (χ1v) is 10.3. The van der Waals surface area contributed by atoms with Gasteiger partial charge >= 0.3 is 0 Å². The highest BCUT2D eigenvalue weighted by Gasteiger charge is 2.45. The first-order valence-electron chi connectivity index (χ1n) is 9.44. The lowest BCUT2D eigenvalue weighted by Gasteiger charge is -2.22. The highest BCUT2D eigenvalue weighted by Crippen LogP contribution is 2.42. The molecule has 8 nitrogen and oxygen atoms in total. The van der Waals surface area contributed by atoms with Crippen LogP contribution < -0.4 is 19.8 Å². The molecule has 31 heavy (non-hydrogen) atoms. The molecule has 1 aliphatic rings. The van der Waals surface area contributed by atoms with Crippen LogP contribution in [0, 0.1) is 6.92 Å². The average molecular weight is 435 g/mol. The van der Waals surface area contributed by atoms with E-state index in [9.17, 15) is 9.59 Å². The molecule has 1 unspecified atom stereocenters. The van der Waals surface area contributed by atoms with Crippen LogP contribution in [0.15, 0.2) is 51.7 Å². The van der Waals surface area contributed by atoms with Gasteiger partial charge in [-0.1, -0.05) is 23.5 Å². The van der Waals surface area contributed by atoms with Crippen molar-refractivity contribution >= 4 is 33.3 Å². The quantitative estimate of drug-likeness (QED) is 0.482. The topological polar surface area (TPSA) is 94.8 Å². The van der Waals surface area contributed by atoms with Gasteiger partial charge in [-0.15, -0.1) is 10.2 Å². The molecule has 0 spiro atoms. The Kier molecular flexibility index (Phi) is 4.48. The number of carbonyl (C=O) groups excluding carboxylic acids is 1. The van der Waals surface area contributed by atoms with Crippen LogP contribution >= 0.6 is 11.3 Å². The van der Waals surface area contributed by atoms with E-state index in [2.05, 4.69) is 10.2 Å². The van der Waals surface area contributed by atoms with Crippen molar-refractivity contribution in [2.45, 2.75) is 13.0 Å². The summed E-state index contributed by atoms with van der Waals surface area (Å²) < 4.78 is 16.4. The van der Waals surface area contributed by atoms with Crippen LogP contribution in [-0.4, -0.2) is 30.3 Å². The number of anilines is 1. The number of rotatable bonds is 4. The van der Waals surface area contributed by atoms with E-state index in [1.807, 2.05) is 12.1 Å². The SMILES string of the molecule is COc1ccc(C2c3c(oc4cc(OC)ccc4c3=O)C(=O)N2c2nnc(C)s2)cc1. The minimum absolute atomic E-state index is 0.000533. The van der Waals surface area contributed by atoms with E-state index < -0.39 is 11.9 Å². The summed E-state index contributed by atoms with van der Waals surface area (Å²) in [5.74, 6) is 0.766. The van der Waals surface area contributed by atoms with E-state index in [4.69, 9.17) is 13.9 Å². The van der Waals surface area contributed by atoms with E-state index >= 15 is 0 Å². The molecule has 5 rings (SSSR count). The predicted octanol–water partition coefficient (Wildman–Crippen LogP) is 3.72. The van der Waals surface area contributed by atoms with E-state index in [1.165, 1.54) is 23.3 Å². The van der Waals surface area contributed by atoms with Gasteiger partial charge in [0.05, 0.1) is 31.2 Å². The zero-order valence-electron chi connectivity index (χ0n) is 16.9. The third-order valence-electron chi connectivity index (χ3n) is 5.23. The van der Waals surface area contributed by atoms with Crippen LogP contribution in [0.25, 0.3) is 11.0 Å². The van der Waals surface area contributed by atoms with Gasteiger partial charge in [0.25, 0.3) is 5.91 Å². The number of carbonyl (C=O) groups is 1. The first-order chi connectivity index (χ1) is 15.0. The van der Waals surface area contributed by atoms with Gasteiger partial charge in [-0.05, 0) is 36.8 Å². The van der Waals surface area contributed by atoms with Crippen LogP contribution in [0.4, 0.5) is 5.13 Å². The lowest BCUT2D eigenvalue weighted by atomic mass is 9.98.